The van der Waals surface area contributed by atoms with E-state index in [0.29, 0.717) is 23.1 Å². The second kappa shape index (κ2) is 6.04. The summed E-state index contributed by atoms with van der Waals surface area (Å²) >= 11 is 1.45. The van der Waals surface area contributed by atoms with Crippen molar-refractivity contribution in [3.05, 3.63) is 16.0 Å². The van der Waals surface area contributed by atoms with E-state index in [-0.39, 0.29) is 0 Å². The standard InChI is InChI=1S/C13H17N3O2S/c1-8(2)7-18-13(17)16-12-10(5-14)9-3-4-15-6-11(9)19-12/h8,15H,3-4,6-7H2,1-2H3,(H,16,17). The summed E-state index contributed by atoms with van der Waals surface area (Å²) in [5.74, 6) is 0.293. The molecule has 1 aliphatic rings. The van der Waals surface area contributed by atoms with Gasteiger partial charge in [0.25, 0.3) is 0 Å². The SMILES string of the molecule is CC(C)COC(=O)Nc1sc2c(c1C#N)CCNC2. The lowest BCUT2D eigenvalue weighted by Crippen LogP contribution is -2.22. The molecule has 102 valence electrons. The third kappa shape index (κ3) is 3.25. The molecule has 2 N–H and O–H groups in total. The lowest BCUT2D eigenvalue weighted by molar-refractivity contribution is 0.147. The Balaban J connectivity index is 2.10. The molecule has 0 aromatic carbocycles. The lowest BCUT2D eigenvalue weighted by Gasteiger charge is -2.11. The molecule has 0 fully saturated rings. The van der Waals surface area contributed by atoms with Crippen molar-refractivity contribution in [1.29, 1.82) is 5.26 Å². The normalized spacial score (nSPS) is 13.8. The van der Waals surface area contributed by atoms with Crippen molar-refractivity contribution >= 4 is 22.4 Å². The molecule has 2 rings (SSSR count). The zero-order valence-corrected chi connectivity index (χ0v) is 11.9. The Morgan fingerprint density at radius 2 is 2.42 bits per heavy atom. The van der Waals surface area contributed by atoms with Crippen molar-refractivity contribution in [3.63, 3.8) is 0 Å². The number of rotatable bonds is 3. The number of hydrogen-bond donors (Lipinski definition) is 2. The highest BCUT2D eigenvalue weighted by atomic mass is 32.1. The van der Waals surface area contributed by atoms with Crippen LogP contribution in [0.3, 0.4) is 0 Å². The number of thiophene rings is 1. The van der Waals surface area contributed by atoms with Gasteiger partial charge in [0.05, 0.1) is 12.2 Å². The van der Waals surface area contributed by atoms with E-state index in [9.17, 15) is 10.1 Å². The number of fused-ring (bicyclic) bond motifs is 1. The first-order chi connectivity index (χ1) is 9.11. The maximum atomic E-state index is 11.6. The minimum absolute atomic E-state index is 0.293. The van der Waals surface area contributed by atoms with Crippen LogP contribution in [0.4, 0.5) is 9.80 Å². The van der Waals surface area contributed by atoms with Gasteiger partial charge in [0.2, 0.25) is 0 Å². The van der Waals surface area contributed by atoms with Crippen LogP contribution in [0.25, 0.3) is 0 Å². The largest absolute Gasteiger partial charge is 0.449 e. The molecule has 0 saturated carbocycles. The maximum Gasteiger partial charge on any atom is 0.412 e. The summed E-state index contributed by atoms with van der Waals surface area (Å²) in [6, 6.07) is 2.19. The Morgan fingerprint density at radius 1 is 1.63 bits per heavy atom. The zero-order chi connectivity index (χ0) is 13.8. The van der Waals surface area contributed by atoms with Gasteiger partial charge in [-0.2, -0.15) is 5.26 Å². The third-order valence-electron chi connectivity index (χ3n) is 2.80. The van der Waals surface area contributed by atoms with Gasteiger partial charge >= 0.3 is 6.09 Å². The second-order valence-corrected chi connectivity index (χ2v) is 5.97. The molecule has 0 unspecified atom stereocenters. The summed E-state index contributed by atoms with van der Waals surface area (Å²) < 4.78 is 5.07. The van der Waals surface area contributed by atoms with E-state index in [1.807, 2.05) is 13.8 Å². The predicted octanol–water partition coefficient (Wildman–Crippen LogP) is 2.47. The van der Waals surface area contributed by atoms with Crippen LogP contribution >= 0.6 is 11.3 Å². The number of nitrogens with one attached hydrogen (secondary N) is 2. The summed E-state index contributed by atoms with van der Waals surface area (Å²) in [6.07, 6.45) is 0.342. The van der Waals surface area contributed by atoms with Crippen molar-refractivity contribution in [3.8, 4) is 6.07 Å². The number of nitriles is 1. The fourth-order valence-electron chi connectivity index (χ4n) is 1.91. The molecule has 0 radical (unpaired) electrons. The summed E-state index contributed by atoms with van der Waals surface area (Å²) in [4.78, 5) is 12.8. The van der Waals surface area contributed by atoms with E-state index in [2.05, 4.69) is 16.7 Å². The van der Waals surface area contributed by atoms with E-state index >= 15 is 0 Å². The van der Waals surface area contributed by atoms with E-state index in [0.717, 1.165) is 30.0 Å². The lowest BCUT2D eigenvalue weighted by atomic mass is 10.1. The average Bonchev–Trinajstić information content (AvgIpc) is 2.73. The van der Waals surface area contributed by atoms with Gasteiger partial charge in [-0.05, 0) is 24.4 Å². The molecule has 2 heterocycles. The molecule has 1 aromatic heterocycles. The fraction of sp³-hybridized carbons (Fsp3) is 0.538. The highest BCUT2D eigenvalue weighted by Crippen LogP contribution is 2.34. The molecule has 1 aliphatic heterocycles. The van der Waals surface area contributed by atoms with Crippen molar-refractivity contribution in [2.24, 2.45) is 5.92 Å². The minimum Gasteiger partial charge on any atom is -0.449 e. The molecular formula is C13H17N3O2S. The van der Waals surface area contributed by atoms with Gasteiger partial charge in [0, 0.05) is 11.4 Å². The second-order valence-electron chi connectivity index (χ2n) is 4.86. The van der Waals surface area contributed by atoms with Crippen molar-refractivity contribution in [2.45, 2.75) is 26.8 Å². The number of carbonyl (C=O) groups excluding carboxylic acids is 1. The van der Waals surface area contributed by atoms with Crippen LogP contribution < -0.4 is 10.6 Å². The molecule has 19 heavy (non-hydrogen) atoms. The van der Waals surface area contributed by atoms with Gasteiger partial charge in [-0.25, -0.2) is 4.79 Å². The first-order valence-corrected chi connectivity index (χ1v) is 7.12. The molecular weight excluding hydrogens is 262 g/mol. The van der Waals surface area contributed by atoms with Gasteiger partial charge in [0.15, 0.2) is 0 Å². The number of anilines is 1. The molecule has 0 saturated heterocycles. The highest BCUT2D eigenvalue weighted by molar-refractivity contribution is 7.16. The van der Waals surface area contributed by atoms with Gasteiger partial charge in [0.1, 0.15) is 11.1 Å². The Kier molecular flexibility index (Phi) is 4.40. The van der Waals surface area contributed by atoms with Gasteiger partial charge in [-0.15, -0.1) is 11.3 Å². The van der Waals surface area contributed by atoms with Crippen LogP contribution in [-0.2, 0) is 17.7 Å². The van der Waals surface area contributed by atoms with Crippen molar-refractivity contribution < 1.29 is 9.53 Å². The van der Waals surface area contributed by atoms with Crippen LogP contribution in [-0.4, -0.2) is 19.2 Å². The van der Waals surface area contributed by atoms with Crippen LogP contribution in [0.1, 0.15) is 29.9 Å². The Bertz CT molecular complexity index is 517. The van der Waals surface area contributed by atoms with Gasteiger partial charge in [-0.1, -0.05) is 13.8 Å². The molecule has 1 amide bonds. The first-order valence-electron chi connectivity index (χ1n) is 6.31. The van der Waals surface area contributed by atoms with Gasteiger partial charge < -0.3 is 10.1 Å². The van der Waals surface area contributed by atoms with E-state index in [1.54, 1.807) is 0 Å². The predicted molar refractivity (Wildman–Crippen MR) is 74.3 cm³/mol. The summed E-state index contributed by atoms with van der Waals surface area (Å²) in [5.41, 5.74) is 1.65. The maximum absolute atomic E-state index is 11.6. The Labute approximate surface area is 116 Å². The number of nitrogens with zero attached hydrogens (tertiary/aromatic N) is 1. The number of ether oxygens (including phenoxy) is 1. The number of carbonyl (C=O) groups is 1. The molecule has 0 atom stereocenters. The third-order valence-corrected chi connectivity index (χ3v) is 3.95. The van der Waals surface area contributed by atoms with Crippen LogP contribution in [0.2, 0.25) is 0 Å². The Hall–Kier alpha value is -1.58. The van der Waals surface area contributed by atoms with Crippen LogP contribution in [0.5, 0.6) is 0 Å². The average molecular weight is 279 g/mol. The molecule has 1 aromatic rings. The summed E-state index contributed by atoms with van der Waals surface area (Å²) in [7, 11) is 0. The van der Waals surface area contributed by atoms with Gasteiger partial charge in [-0.3, -0.25) is 5.32 Å². The monoisotopic (exact) mass is 279 g/mol. The Morgan fingerprint density at radius 3 is 3.11 bits per heavy atom. The van der Waals surface area contributed by atoms with E-state index in [4.69, 9.17) is 4.74 Å². The van der Waals surface area contributed by atoms with Crippen LogP contribution in [0.15, 0.2) is 0 Å². The van der Waals surface area contributed by atoms with Crippen LogP contribution in [0, 0.1) is 17.2 Å². The van der Waals surface area contributed by atoms with E-state index < -0.39 is 6.09 Å². The highest BCUT2D eigenvalue weighted by Gasteiger charge is 2.21. The number of hydrogen-bond acceptors (Lipinski definition) is 5. The quantitative estimate of drug-likeness (QED) is 0.891. The summed E-state index contributed by atoms with van der Waals surface area (Å²) in [5, 5.41) is 15.8. The fourth-order valence-corrected chi connectivity index (χ4v) is 3.07. The zero-order valence-electron chi connectivity index (χ0n) is 11.1. The van der Waals surface area contributed by atoms with Crippen molar-refractivity contribution in [2.75, 3.05) is 18.5 Å². The number of amides is 1. The molecule has 0 spiro atoms. The summed E-state index contributed by atoms with van der Waals surface area (Å²) in [6.45, 7) is 5.96. The first kappa shape index (κ1) is 13.8. The molecule has 0 bridgehead atoms. The molecule has 6 heteroatoms. The molecule has 0 aliphatic carbocycles. The van der Waals surface area contributed by atoms with Crippen molar-refractivity contribution in [1.82, 2.24) is 5.32 Å². The van der Waals surface area contributed by atoms with E-state index in [1.165, 1.54) is 11.3 Å². The topological polar surface area (TPSA) is 74.1 Å². The smallest absolute Gasteiger partial charge is 0.412 e. The molecule has 5 nitrogen and oxygen atoms in total. The minimum atomic E-state index is -0.489.